The van der Waals surface area contributed by atoms with Crippen molar-refractivity contribution in [2.75, 3.05) is 13.7 Å². The molecule has 0 saturated heterocycles. The molecule has 0 fully saturated rings. The molecule has 118 valence electrons. The normalized spacial score (nSPS) is 11.7. The molecule has 2 aromatic rings. The number of hydrogen-bond donors (Lipinski definition) is 1. The highest BCUT2D eigenvalue weighted by Gasteiger charge is 2.14. The van der Waals surface area contributed by atoms with Gasteiger partial charge in [-0.25, -0.2) is 0 Å². The molecule has 5 heteroatoms. The highest BCUT2D eigenvalue weighted by Crippen LogP contribution is 2.18. The molecule has 2 rings (SSSR count). The van der Waals surface area contributed by atoms with Crippen molar-refractivity contribution in [3.8, 4) is 11.5 Å². The molecule has 1 N–H and O–H groups in total. The van der Waals surface area contributed by atoms with Crippen molar-refractivity contribution >= 4 is 5.91 Å². The molecular formula is C17H21NO4. The van der Waals surface area contributed by atoms with Crippen LogP contribution in [0.15, 0.2) is 47.1 Å². The van der Waals surface area contributed by atoms with Crippen LogP contribution < -0.4 is 14.8 Å². The fourth-order valence-electron chi connectivity index (χ4n) is 1.98. The summed E-state index contributed by atoms with van der Waals surface area (Å²) >= 11 is 0. The first-order valence-electron chi connectivity index (χ1n) is 7.30. The first kappa shape index (κ1) is 15.9. The second-order valence-electron chi connectivity index (χ2n) is 4.91. The number of furan rings is 1. The Morgan fingerprint density at radius 2 is 1.95 bits per heavy atom. The second kappa shape index (κ2) is 8.12. The van der Waals surface area contributed by atoms with E-state index >= 15 is 0 Å². The highest BCUT2D eigenvalue weighted by atomic mass is 16.5. The summed E-state index contributed by atoms with van der Waals surface area (Å²) in [6.45, 7) is 2.32. The predicted octanol–water partition coefficient (Wildman–Crippen LogP) is 2.80. The van der Waals surface area contributed by atoms with Crippen molar-refractivity contribution in [2.45, 2.75) is 25.9 Å². The number of benzene rings is 1. The van der Waals surface area contributed by atoms with E-state index in [1.807, 2.05) is 12.1 Å². The Hall–Kier alpha value is -2.43. The molecule has 0 saturated carbocycles. The van der Waals surface area contributed by atoms with Crippen molar-refractivity contribution < 1.29 is 18.7 Å². The van der Waals surface area contributed by atoms with Gasteiger partial charge in [0.05, 0.1) is 13.4 Å². The maximum atomic E-state index is 11.9. The van der Waals surface area contributed by atoms with E-state index in [2.05, 4.69) is 5.32 Å². The fraction of sp³-hybridized carbons (Fsp3) is 0.353. The fourth-order valence-corrected chi connectivity index (χ4v) is 1.98. The third kappa shape index (κ3) is 4.84. The Kier molecular flexibility index (Phi) is 5.89. The van der Waals surface area contributed by atoms with Gasteiger partial charge in [-0.05, 0) is 49.7 Å². The van der Waals surface area contributed by atoms with E-state index in [9.17, 15) is 4.79 Å². The van der Waals surface area contributed by atoms with Gasteiger partial charge in [0.1, 0.15) is 17.3 Å². The largest absolute Gasteiger partial charge is 0.497 e. The Labute approximate surface area is 130 Å². The van der Waals surface area contributed by atoms with E-state index in [-0.39, 0.29) is 5.91 Å². The predicted molar refractivity (Wildman–Crippen MR) is 83.1 cm³/mol. The van der Waals surface area contributed by atoms with Gasteiger partial charge in [-0.15, -0.1) is 0 Å². The number of aryl methyl sites for hydroxylation is 1. The highest BCUT2D eigenvalue weighted by molar-refractivity contribution is 5.80. The molecule has 1 aromatic heterocycles. The summed E-state index contributed by atoms with van der Waals surface area (Å²) < 4.78 is 15.9. The molecule has 0 aliphatic rings. The Balaban J connectivity index is 1.69. The van der Waals surface area contributed by atoms with Gasteiger partial charge in [-0.3, -0.25) is 4.79 Å². The minimum atomic E-state index is -0.544. The molecule has 1 heterocycles. The van der Waals surface area contributed by atoms with Crippen molar-refractivity contribution in [2.24, 2.45) is 0 Å². The van der Waals surface area contributed by atoms with Gasteiger partial charge in [0.2, 0.25) is 0 Å². The molecule has 1 unspecified atom stereocenters. The van der Waals surface area contributed by atoms with Crippen LogP contribution in [0.2, 0.25) is 0 Å². The molecule has 5 nitrogen and oxygen atoms in total. The molecule has 0 radical (unpaired) electrons. The van der Waals surface area contributed by atoms with Gasteiger partial charge in [0.25, 0.3) is 5.91 Å². The quantitative estimate of drug-likeness (QED) is 0.762. The van der Waals surface area contributed by atoms with Crippen LogP contribution in [0.5, 0.6) is 11.5 Å². The number of carbonyl (C=O) groups is 1. The van der Waals surface area contributed by atoms with Gasteiger partial charge in [0.15, 0.2) is 6.10 Å². The van der Waals surface area contributed by atoms with Crippen LogP contribution in [-0.2, 0) is 11.2 Å². The Morgan fingerprint density at radius 3 is 2.59 bits per heavy atom. The van der Waals surface area contributed by atoms with Crippen LogP contribution in [0.25, 0.3) is 0 Å². The first-order chi connectivity index (χ1) is 10.7. The monoisotopic (exact) mass is 303 g/mol. The standard InChI is InChI=1S/C17H21NO4/c1-13(22-16-9-7-14(20-2)8-10-16)17(19)18-11-3-5-15-6-4-12-21-15/h4,6-10,12-13H,3,5,11H2,1-2H3,(H,18,19). The summed E-state index contributed by atoms with van der Waals surface area (Å²) in [4.78, 5) is 11.9. The zero-order valence-electron chi connectivity index (χ0n) is 12.9. The number of rotatable bonds is 8. The van der Waals surface area contributed by atoms with Crippen LogP contribution >= 0.6 is 0 Å². The topological polar surface area (TPSA) is 60.7 Å². The van der Waals surface area contributed by atoms with Gasteiger partial charge < -0.3 is 19.2 Å². The second-order valence-corrected chi connectivity index (χ2v) is 4.91. The number of ether oxygens (including phenoxy) is 2. The number of amides is 1. The number of hydrogen-bond acceptors (Lipinski definition) is 4. The van der Waals surface area contributed by atoms with Gasteiger partial charge in [-0.2, -0.15) is 0 Å². The average Bonchev–Trinajstić information content (AvgIpc) is 3.05. The van der Waals surface area contributed by atoms with E-state index in [0.29, 0.717) is 12.3 Å². The van der Waals surface area contributed by atoms with Crippen LogP contribution in [0.1, 0.15) is 19.1 Å². The minimum absolute atomic E-state index is 0.129. The maximum Gasteiger partial charge on any atom is 0.260 e. The molecule has 0 bridgehead atoms. The molecule has 1 aromatic carbocycles. The van der Waals surface area contributed by atoms with E-state index in [1.54, 1.807) is 44.6 Å². The molecule has 0 spiro atoms. The number of nitrogens with one attached hydrogen (secondary N) is 1. The van der Waals surface area contributed by atoms with Gasteiger partial charge in [-0.1, -0.05) is 0 Å². The van der Waals surface area contributed by atoms with E-state index < -0.39 is 6.10 Å². The smallest absolute Gasteiger partial charge is 0.260 e. The Morgan fingerprint density at radius 1 is 1.23 bits per heavy atom. The first-order valence-corrected chi connectivity index (χ1v) is 7.30. The molecule has 1 amide bonds. The number of methoxy groups -OCH3 is 1. The third-order valence-electron chi connectivity index (χ3n) is 3.22. The molecule has 1 atom stereocenters. The molecule has 0 aliphatic carbocycles. The summed E-state index contributed by atoms with van der Waals surface area (Å²) in [5.41, 5.74) is 0. The SMILES string of the molecule is COc1ccc(OC(C)C(=O)NCCCc2ccco2)cc1. The zero-order valence-corrected chi connectivity index (χ0v) is 12.9. The van der Waals surface area contributed by atoms with E-state index in [1.165, 1.54) is 0 Å². The lowest BCUT2D eigenvalue weighted by molar-refractivity contribution is -0.127. The van der Waals surface area contributed by atoms with Gasteiger partial charge in [0, 0.05) is 13.0 Å². The van der Waals surface area contributed by atoms with Crippen LogP contribution in [0.4, 0.5) is 0 Å². The lowest BCUT2D eigenvalue weighted by Crippen LogP contribution is -2.36. The summed E-state index contributed by atoms with van der Waals surface area (Å²) in [7, 11) is 1.61. The van der Waals surface area contributed by atoms with Crippen LogP contribution in [-0.4, -0.2) is 25.7 Å². The van der Waals surface area contributed by atoms with Crippen molar-refractivity contribution in [1.82, 2.24) is 5.32 Å². The molecule has 22 heavy (non-hydrogen) atoms. The summed E-state index contributed by atoms with van der Waals surface area (Å²) in [6, 6.07) is 10.9. The van der Waals surface area contributed by atoms with E-state index in [0.717, 1.165) is 24.4 Å². The summed E-state index contributed by atoms with van der Waals surface area (Å²) in [5, 5.41) is 2.86. The molecular weight excluding hydrogens is 282 g/mol. The number of carbonyl (C=O) groups excluding carboxylic acids is 1. The van der Waals surface area contributed by atoms with Crippen molar-refractivity contribution in [1.29, 1.82) is 0 Å². The van der Waals surface area contributed by atoms with Crippen LogP contribution in [0.3, 0.4) is 0 Å². The average molecular weight is 303 g/mol. The minimum Gasteiger partial charge on any atom is -0.497 e. The van der Waals surface area contributed by atoms with Gasteiger partial charge >= 0.3 is 0 Å². The maximum absolute atomic E-state index is 11.9. The van der Waals surface area contributed by atoms with Crippen molar-refractivity contribution in [3.05, 3.63) is 48.4 Å². The third-order valence-corrected chi connectivity index (χ3v) is 3.22. The lowest BCUT2D eigenvalue weighted by Gasteiger charge is -2.14. The van der Waals surface area contributed by atoms with Crippen LogP contribution in [0, 0.1) is 0 Å². The lowest BCUT2D eigenvalue weighted by atomic mass is 10.2. The molecule has 0 aliphatic heterocycles. The summed E-state index contributed by atoms with van der Waals surface area (Å²) in [6.07, 6.45) is 2.74. The zero-order chi connectivity index (χ0) is 15.8. The Bertz CT molecular complexity index is 563. The van der Waals surface area contributed by atoms with E-state index in [4.69, 9.17) is 13.9 Å². The van der Waals surface area contributed by atoms with Crippen molar-refractivity contribution in [3.63, 3.8) is 0 Å². The summed E-state index contributed by atoms with van der Waals surface area (Å²) in [5.74, 6) is 2.19.